The maximum Gasteiger partial charge on any atom is 0.346 e. The average Bonchev–Trinajstić information content (AvgIpc) is 2.72. The van der Waals surface area contributed by atoms with E-state index in [1.54, 1.807) is 23.2 Å². The number of carbonyl (C=O) groups is 1. The highest BCUT2D eigenvalue weighted by Crippen LogP contribution is 2.12. The number of rotatable bonds is 2. The Balaban J connectivity index is 2.02. The van der Waals surface area contributed by atoms with Crippen LogP contribution in [0.15, 0.2) is 34.8 Å². The Morgan fingerprint density at radius 2 is 2.57 bits per heavy atom. The molecule has 0 saturated heterocycles. The number of thiazole rings is 1. The van der Waals surface area contributed by atoms with E-state index >= 15 is 0 Å². The van der Waals surface area contributed by atoms with Crippen LogP contribution in [-0.4, -0.2) is 17.5 Å². The van der Waals surface area contributed by atoms with Gasteiger partial charge in [0, 0.05) is 12.7 Å². The summed E-state index contributed by atoms with van der Waals surface area (Å²) in [5.41, 5.74) is 2.12. The van der Waals surface area contributed by atoms with Gasteiger partial charge in [-0.05, 0) is 6.08 Å². The van der Waals surface area contributed by atoms with Crippen molar-refractivity contribution < 1.29 is 9.53 Å². The molecule has 1 aromatic rings. The Morgan fingerprint density at radius 1 is 1.64 bits per heavy atom. The van der Waals surface area contributed by atoms with Gasteiger partial charge in [0.15, 0.2) is 0 Å². The Hall–Kier alpha value is -1.62. The predicted octanol–water partition coefficient (Wildman–Crippen LogP) is 1.09. The third kappa shape index (κ3) is 2.00. The number of nitrogens with one attached hydrogen (secondary N) is 1. The summed E-state index contributed by atoms with van der Waals surface area (Å²) in [4.78, 5) is 15.3. The molecule has 0 fully saturated rings. The van der Waals surface area contributed by atoms with Crippen molar-refractivity contribution in [1.29, 1.82) is 0 Å². The van der Waals surface area contributed by atoms with Crippen molar-refractivity contribution in [2.75, 3.05) is 6.54 Å². The Labute approximate surface area is 84.9 Å². The lowest BCUT2D eigenvalue weighted by atomic mass is 10.2. The van der Waals surface area contributed by atoms with E-state index in [4.69, 9.17) is 4.74 Å². The molecule has 1 aliphatic rings. The average molecular weight is 208 g/mol. The predicted molar refractivity (Wildman–Crippen MR) is 53.0 cm³/mol. The third-order valence-electron chi connectivity index (χ3n) is 1.63. The SMILES string of the molecule is O=C(Oc1cscn1)C1=CNCC=C1. The summed E-state index contributed by atoms with van der Waals surface area (Å²) < 4.78 is 4.99. The molecule has 0 saturated carbocycles. The van der Waals surface area contributed by atoms with Crippen molar-refractivity contribution >= 4 is 17.3 Å². The molecule has 1 aromatic heterocycles. The molecule has 0 radical (unpaired) electrons. The molecular weight excluding hydrogens is 200 g/mol. The largest absolute Gasteiger partial charge is 0.403 e. The fraction of sp³-hybridized carbons (Fsp3) is 0.111. The van der Waals surface area contributed by atoms with Crippen LogP contribution in [0.5, 0.6) is 5.88 Å². The summed E-state index contributed by atoms with van der Waals surface area (Å²) >= 11 is 1.39. The molecule has 72 valence electrons. The standard InChI is InChI=1S/C9H8N2O2S/c12-9(7-2-1-3-10-4-7)13-8-5-14-6-11-8/h1-2,4-6,10H,3H2. The van der Waals surface area contributed by atoms with Gasteiger partial charge in [-0.25, -0.2) is 9.78 Å². The molecule has 1 N–H and O–H groups in total. The molecule has 2 rings (SSSR count). The first-order valence-electron chi connectivity index (χ1n) is 4.07. The zero-order chi connectivity index (χ0) is 9.80. The second-order valence-corrected chi connectivity index (χ2v) is 3.35. The Morgan fingerprint density at radius 3 is 3.21 bits per heavy atom. The first-order valence-corrected chi connectivity index (χ1v) is 5.01. The van der Waals surface area contributed by atoms with Gasteiger partial charge in [0.25, 0.3) is 0 Å². The minimum absolute atomic E-state index is 0.347. The maximum absolute atomic E-state index is 11.4. The molecule has 2 heterocycles. The molecule has 0 unspecified atom stereocenters. The lowest BCUT2D eigenvalue weighted by Crippen LogP contribution is -2.17. The maximum atomic E-state index is 11.4. The van der Waals surface area contributed by atoms with Crippen LogP contribution in [0.3, 0.4) is 0 Å². The molecule has 0 atom stereocenters. The van der Waals surface area contributed by atoms with Gasteiger partial charge in [0.1, 0.15) is 0 Å². The highest BCUT2D eigenvalue weighted by atomic mass is 32.1. The third-order valence-corrected chi connectivity index (χ3v) is 2.20. The van der Waals surface area contributed by atoms with Crippen LogP contribution in [0.25, 0.3) is 0 Å². The molecule has 0 spiro atoms. The lowest BCUT2D eigenvalue weighted by Gasteiger charge is -2.06. The summed E-state index contributed by atoms with van der Waals surface area (Å²) in [7, 11) is 0. The molecule has 5 heteroatoms. The summed E-state index contributed by atoms with van der Waals surface area (Å²) in [6, 6.07) is 0. The van der Waals surface area contributed by atoms with Gasteiger partial charge in [0.2, 0.25) is 5.88 Å². The molecule has 1 aliphatic heterocycles. The van der Waals surface area contributed by atoms with Crippen molar-refractivity contribution in [2.45, 2.75) is 0 Å². The number of hydrogen-bond donors (Lipinski definition) is 1. The summed E-state index contributed by atoms with van der Waals surface area (Å²) in [6.45, 7) is 0.744. The first-order chi connectivity index (χ1) is 6.86. The van der Waals surface area contributed by atoms with E-state index in [0.717, 1.165) is 6.54 Å². The molecule has 0 aromatic carbocycles. The van der Waals surface area contributed by atoms with E-state index in [-0.39, 0.29) is 5.97 Å². The van der Waals surface area contributed by atoms with E-state index in [1.807, 2.05) is 6.08 Å². The monoisotopic (exact) mass is 208 g/mol. The molecule has 0 bridgehead atoms. The number of nitrogens with zero attached hydrogens (tertiary/aromatic N) is 1. The van der Waals surface area contributed by atoms with E-state index < -0.39 is 0 Å². The minimum atomic E-state index is -0.389. The van der Waals surface area contributed by atoms with Crippen LogP contribution >= 0.6 is 11.3 Å². The molecule has 4 nitrogen and oxygen atoms in total. The smallest absolute Gasteiger partial charge is 0.346 e. The van der Waals surface area contributed by atoms with E-state index in [1.165, 1.54) is 11.3 Å². The Kier molecular flexibility index (Phi) is 2.60. The van der Waals surface area contributed by atoms with Crippen LogP contribution in [0, 0.1) is 0 Å². The fourth-order valence-electron chi connectivity index (χ4n) is 1.00. The van der Waals surface area contributed by atoms with E-state index in [2.05, 4.69) is 10.3 Å². The second-order valence-electron chi connectivity index (χ2n) is 2.63. The van der Waals surface area contributed by atoms with Gasteiger partial charge in [-0.3, -0.25) is 0 Å². The number of esters is 1. The van der Waals surface area contributed by atoms with Gasteiger partial charge < -0.3 is 10.1 Å². The number of aromatic nitrogens is 1. The summed E-state index contributed by atoms with van der Waals surface area (Å²) in [5, 5.41) is 4.61. The van der Waals surface area contributed by atoms with Crippen molar-refractivity contribution in [3.63, 3.8) is 0 Å². The van der Waals surface area contributed by atoms with Gasteiger partial charge >= 0.3 is 5.97 Å². The second kappa shape index (κ2) is 4.06. The van der Waals surface area contributed by atoms with Gasteiger partial charge in [-0.15, -0.1) is 11.3 Å². The minimum Gasteiger partial charge on any atom is -0.403 e. The van der Waals surface area contributed by atoms with Crippen molar-refractivity contribution in [3.05, 3.63) is 34.8 Å². The number of carbonyl (C=O) groups excluding carboxylic acids is 1. The van der Waals surface area contributed by atoms with E-state index in [0.29, 0.717) is 11.5 Å². The fourth-order valence-corrected chi connectivity index (χ4v) is 1.45. The van der Waals surface area contributed by atoms with Gasteiger partial charge in [0.05, 0.1) is 16.5 Å². The number of dihydropyridines is 1. The van der Waals surface area contributed by atoms with Crippen LogP contribution in [0.4, 0.5) is 0 Å². The normalized spacial score (nSPS) is 14.4. The number of ether oxygens (including phenoxy) is 1. The Bertz CT molecular complexity index is 382. The first kappa shape index (κ1) is 8.96. The molecule has 14 heavy (non-hydrogen) atoms. The quantitative estimate of drug-likeness (QED) is 0.739. The van der Waals surface area contributed by atoms with Crippen LogP contribution in [0.1, 0.15) is 0 Å². The highest BCUT2D eigenvalue weighted by molar-refractivity contribution is 7.07. The van der Waals surface area contributed by atoms with Crippen molar-refractivity contribution in [3.8, 4) is 5.88 Å². The zero-order valence-electron chi connectivity index (χ0n) is 7.27. The van der Waals surface area contributed by atoms with Gasteiger partial charge in [-0.2, -0.15) is 0 Å². The van der Waals surface area contributed by atoms with Crippen LogP contribution < -0.4 is 10.1 Å². The molecule has 0 aliphatic carbocycles. The van der Waals surface area contributed by atoms with Crippen LogP contribution in [-0.2, 0) is 4.79 Å². The highest BCUT2D eigenvalue weighted by Gasteiger charge is 2.11. The van der Waals surface area contributed by atoms with E-state index in [9.17, 15) is 4.79 Å². The van der Waals surface area contributed by atoms with Crippen LogP contribution in [0.2, 0.25) is 0 Å². The summed E-state index contributed by atoms with van der Waals surface area (Å²) in [5.74, 6) is -0.0424. The molecule has 0 amide bonds. The summed E-state index contributed by atoms with van der Waals surface area (Å²) in [6.07, 6.45) is 5.22. The number of hydrogen-bond acceptors (Lipinski definition) is 5. The molecular formula is C9H8N2O2S. The topological polar surface area (TPSA) is 51.2 Å². The van der Waals surface area contributed by atoms with Crippen molar-refractivity contribution in [2.24, 2.45) is 0 Å². The van der Waals surface area contributed by atoms with Crippen molar-refractivity contribution in [1.82, 2.24) is 10.3 Å². The lowest BCUT2D eigenvalue weighted by molar-refractivity contribution is -0.130. The van der Waals surface area contributed by atoms with Gasteiger partial charge in [-0.1, -0.05) is 6.08 Å². The zero-order valence-corrected chi connectivity index (χ0v) is 8.08.